The number of nitrogens with two attached hydrogens (primary N) is 1. The van der Waals surface area contributed by atoms with Gasteiger partial charge in [-0.15, -0.1) is 0 Å². The summed E-state index contributed by atoms with van der Waals surface area (Å²) in [4.78, 5) is 0. The third-order valence-electron chi connectivity index (χ3n) is 4.06. The lowest BCUT2D eigenvalue weighted by molar-refractivity contribution is 0.0907. The van der Waals surface area contributed by atoms with Crippen LogP contribution in [0.5, 0.6) is 0 Å². The van der Waals surface area contributed by atoms with E-state index in [-0.39, 0.29) is 24.5 Å². The highest BCUT2D eigenvalue weighted by molar-refractivity contribution is 7.89. The first-order valence-electron chi connectivity index (χ1n) is 6.75. The molecule has 0 aromatic rings. The van der Waals surface area contributed by atoms with Gasteiger partial charge in [0.25, 0.3) is 0 Å². The van der Waals surface area contributed by atoms with Gasteiger partial charge < -0.3 is 10.5 Å². The van der Waals surface area contributed by atoms with Crippen molar-refractivity contribution in [3.63, 3.8) is 0 Å². The molecule has 2 aliphatic rings. The van der Waals surface area contributed by atoms with Crippen LogP contribution in [-0.4, -0.2) is 50.3 Å². The summed E-state index contributed by atoms with van der Waals surface area (Å²) < 4.78 is 31.3. The second-order valence-corrected chi connectivity index (χ2v) is 7.81. The van der Waals surface area contributed by atoms with Crippen molar-refractivity contribution in [2.75, 3.05) is 25.4 Å². The van der Waals surface area contributed by atoms with E-state index in [2.05, 4.69) is 0 Å². The van der Waals surface area contributed by atoms with Gasteiger partial charge in [0.2, 0.25) is 10.0 Å². The van der Waals surface area contributed by atoms with E-state index in [0.717, 1.165) is 12.8 Å². The normalized spacial score (nSPS) is 33.2. The summed E-state index contributed by atoms with van der Waals surface area (Å²) in [5, 5.41) is 0. The Balaban J connectivity index is 1.88. The number of ether oxygens (including phenoxy) is 1. The fourth-order valence-electron chi connectivity index (χ4n) is 3.01. The number of sulfonamides is 1. The Morgan fingerprint density at radius 2 is 2.06 bits per heavy atom. The predicted molar refractivity (Wildman–Crippen MR) is 70.6 cm³/mol. The number of hydrogen-bond acceptors (Lipinski definition) is 4. The Kier molecular flexibility index (Phi) is 4.31. The minimum absolute atomic E-state index is 0.0755. The smallest absolute Gasteiger partial charge is 0.216 e. The van der Waals surface area contributed by atoms with E-state index in [1.54, 1.807) is 4.31 Å². The van der Waals surface area contributed by atoms with Gasteiger partial charge in [0.1, 0.15) is 0 Å². The fraction of sp³-hybridized carbons (Fsp3) is 1.00. The minimum atomic E-state index is -3.17. The molecule has 0 bridgehead atoms. The lowest BCUT2D eigenvalue weighted by Gasteiger charge is -2.19. The summed E-state index contributed by atoms with van der Waals surface area (Å²) in [6, 6.07) is 0.183. The van der Waals surface area contributed by atoms with E-state index in [9.17, 15) is 8.42 Å². The van der Waals surface area contributed by atoms with Crippen molar-refractivity contribution in [1.29, 1.82) is 0 Å². The lowest BCUT2D eigenvalue weighted by atomic mass is 9.98. The van der Waals surface area contributed by atoms with Crippen LogP contribution in [0.1, 0.15) is 26.7 Å². The third-order valence-corrected chi connectivity index (χ3v) is 5.83. The Hall–Kier alpha value is -0.170. The van der Waals surface area contributed by atoms with Crippen molar-refractivity contribution in [2.24, 2.45) is 17.6 Å². The molecule has 5 nitrogen and oxygen atoms in total. The molecule has 2 fully saturated rings. The first-order chi connectivity index (χ1) is 8.40. The van der Waals surface area contributed by atoms with Crippen molar-refractivity contribution in [1.82, 2.24) is 4.31 Å². The maximum absolute atomic E-state index is 12.2. The third kappa shape index (κ3) is 3.04. The number of fused-ring (bicyclic) bond motifs is 1. The molecule has 18 heavy (non-hydrogen) atoms. The van der Waals surface area contributed by atoms with E-state index >= 15 is 0 Å². The first kappa shape index (κ1) is 14.2. The second kappa shape index (κ2) is 5.45. The molecule has 0 spiro atoms. The summed E-state index contributed by atoms with van der Waals surface area (Å²) in [6.45, 7) is 5.36. The highest BCUT2D eigenvalue weighted by Gasteiger charge is 2.44. The van der Waals surface area contributed by atoms with E-state index in [4.69, 9.17) is 10.5 Å². The Labute approximate surface area is 110 Å². The quantitative estimate of drug-likeness (QED) is 0.789. The molecule has 106 valence electrons. The van der Waals surface area contributed by atoms with Crippen LogP contribution in [0.2, 0.25) is 0 Å². The van der Waals surface area contributed by atoms with E-state index < -0.39 is 10.0 Å². The highest BCUT2D eigenvalue weighted by atomic mass is 32.2. The molecule has 1 aliphatic carbocycles. The van der Waals surface area contributed by atoms with Crippen molar-refractivity contribution in [3.8, 4) is 0 Å². The Bertz CT molecular complexity index is 383. The molecule has 0 aromatic carbocycles. The molecule has 6 heteroatoms. The van der Waals surface area contributed by atoms with Crippen LogP contribution in [0.15, 0.2) is 0 Å². The summed E-state index contributed by atoms with van der Waals surface area (Å²) in [6.07, 6.45) is 2.19. The monoisotopic (exact) mass is 276 g/mol. The van der Waals surface area contributed by atoms with Gasteiger partial charge in [-0.05, 0) is 38.5 Å². The molecule has 1 heterocycles. The van der Waals surface area contributed by atoms with Crippen LogP contribution in [0.4, 0.5) is 0 Å². The Morgan fingerprint density at radius 3 is 2.67 bits per heavy atom. The van der Waals surface area contributed by atoms with Crippen LogP contribution < -0.4 is 5.73 Å². The van der Waals surface area contributed by atoms with Crippen molar-refractivity contribution in [3.05, 3.63) is 0 Å². The lowest BCUT2D eigenvalue weighted by Crippen LogP contribution is -2.35. The molecule has 2 N–H and O–H groups in total. The summed E-state index contributed by atoms with van der Waals surface area (Å²) in [5.74, 6) is 0.923. The number of hydrogen-bond donors (Lipinski definition) is 1. The summed E-state index contributed by atoms with van der Waals surface area (Å²) in [5.41, 5.74) is 6.02. The minimum Gasteiger partial charge on any atom is -0.378 e. The topological polar surface area (TPSA) is 72.6 Å². The highest BCUT2D eigenvalue weighted by Crippen LogP contribution is 2.38. The predicted octanol–water partition coefficient (Wildman–Crippen LogP) is 0.410. The fourth-order valence-corrected chi connectivity index (χ4v) is 4.39. The van der Waals surface area contributed by atoms with Gasteiger partial charge >= 0.3 is 0 Å². The van der Waals surface area contributed by atoms with Crippen LogP contribution >= 0.6 is 0 Å². The van der Waals surface area contributed by atoms with Gasteiger partial charge in [-0.2, -0.15) is 0 Å². The molecule has 2 rings (SSSR count). The molecule has 1 saturated carbocycles. The zero-order valence-electron chi connectivity index (χ0n) is 11.2. The van der Waals surface area contributed by atoms with Gasteiger partial charge in [0.15, 0.2) is 0 Å². The van der Waals surface area contributed by atoms with Crippen LogP contribution in [0.3, 0.4) is 0 Å². The summed E-state index contributed by atoms with van der Waals surface area (Å²) >= 11 is 0. The maximum atomic E-state index is 12.2. The van der Waals surface area contributed by atoms with Gasteiger partial charge in [-0.25, -0.2) is 12.7 Å². The van der Waals surface area contributed by atoms with Crippen LogP contribution in [-0.2, 0) is 14.8 Å². The zero-order chi connectivity index (χ0) is 13.3. The zero-order valence-corrected chi connectivity index (χ0v) is 12.0. The second-order valence-electron chi connectivity index (χ2n) is 5.72. The van der Waals surface area contributed by atoms with Crippen molar-refractivity contribution >= 4 is 10.0 Å². The van der Waals surface area contributed by atoms with Crippen molar-refractivity contribution in [2.45, 2.75) is 38.8 Å². The SMILES string of the molecule is CC(C)OCCS(=O)(=O)N1CC2CCC(N)C2C1. The van der Waals surface area contributed by atoms with Gasteiger partial charge in [-0.1, -0.05) is 0 Å². The maximum Gasteiger partial charge on any atom is 0.216 e. The Morgan fingerprint density at radius 1 is 1.33 bits per heavy atom. The number of nitrogens with zero attached hydrogens (tertiary/aromatic N) is 1. The van der Waals surface area contributed by atoms with E-state index in [1.807, 2.05) is 13.8 Å². The molecule has 0 amide bonds. The standard InChI is InChI=1S/C12H24N2O3S/c1-9(2)17-5-6-18(15,16)14-7-10-3-4-12(13)11(10)8-14/h9-12H,3-8,13H2,1-2H3. The number of rotatable bonds is 5. The van der Waals surface area contributed by atoms with E-state index in [1.165, 1.54) is 0 Å². The average molecular weight is 276 g/mol. The summed E-state index contributed by atoms with van der Waals surface area (Å²) in [7, 11) is -3.17. The average Bonchev–Trinajstić information content (AvgIpc) is 2.81. The molecule has 0 radical (unpaired) electrons. The molecule has 1 saturated heterocycles. The van der Waals surface area contributed by atoms with Gasteiger partial charge in [0, 0.05) is 19.1 Å². The largest absolute Gasteiger partial charge is 0.378 e. The molecule has 3 unspecified atom stereocenters. The van der Waals surface area contributed by atoms with Crippen molar-refractivity contribution < 1.29 is 13.2 Å². The molecular weight excluding hydrogens is 252 g/mol. The van der Waals surface area contributed by atoms with Gasteiger partial charge in [0.05, 0.1) is 18.5 Å². The van der Waals surface area contributed by atoms with Crippen LogP contribution in [0, 0.1) is 11.8 Å². The molecule has 0 aromatic heterocycles. The van der Waals surface area contributed by atoms with Gasteiger partial charge in [-0.3, -0.25) is 0 Å². The molecular formula is C12H24N2O3S. The van der Waals surface area contributed by atoms with Crippen LogP contribution in [0.25, 0.3) is 0 Å². The molecule has 1 aliphatic heterocycles. The van der Waals surface area contributed by atoms with E-state index in [0.29, 0.717) is 24.9 Å². The first-order valence-corrected chi connectivity index (χ1v) is 8.36. The molecule has 3 atom stereocenters.